The van der Waals surface area contributed by atoms with Crippen molar-refractivity contribution in [2.75, 3.05) is 0 Å². The highest BCUT2D eigenvalue weighted by atomic mass is 32.3. The molecule has 0 atom stereocenters. The van der Waals surface area contributed by atoms with E-state index in [-0.39, 0.29) is 0 Å². The molecule has 0 aliphatic rings. The quantitative estimate of drug-likeness (QED) is 0.239. The fraction of sp³-hybridized carbons (Fsp3) is 1.00. The molecule has 0 aromatic rings. The molecule has 0 aliphatic carbocycles. The number of alkyl halides is 4. The summed E-state index contributed by atoms with van der Waals surface area (Å²) in [5, 5.41) is 9.33. The average Bonchev–Trinajstić information content (AvgIpc) is 1.80. The van der Waals surface area contributed by atoms with E-state index in [1.54, 1.807) is 0 Å². The third-order valence-electron chi connectivity index (χ3n) is 0.784. The monoisotopic (exact) mass is 245 g/mol. The van der Waals surface area contributed by atoms with Crippen molar-refractivity contribution in [3.8, 4) is 0 Å². The molecule has 0 aliphatic heterocycles. The molecule has 0 aromatic heterocycles. The van der Waals surface area contributed by atoms with E-state index in [0.717, 1.165) is 0 Å². The molecule has 0 fully saturated rings. The molecule has 0 heterocycles. The van der Waals surface area contributed by atoms with E-state index < -0.39 is 27.6 Å². The lowest BCUT2D eigenvalue weighted by Crippen LogP contribution is -2.49. The number of hydrogen-bond donors (Lipinski definition) is 0. The molecule has 12 heteroatoms. The molecule has 0 spiro atoms. The van der Waals surface area contributed by atoms with E-state index in [1.807, 2.05) is 4.18 Å². The summed E-state index contributed by atoms with van der Waals surface area (Å²) in [6.07, 6.45) is -6.09. The maximum absolute atomic E-state index is 11.9. The third-order valence-corrected chi connectivity index (χ3v) is 1.19. The third kappa shape index (κ3) is 2.73. The molecular weight excluding hydrogens is 245 g/mol. The van der Waals surface area contributed by atoms with E-state index in [4.69, 9.17) is 0 Å². The van der Waals surface area contributed by atoms with Crippen LogP contribution in [0.2, 0.25) is 0 Å². The van der Waals surface area contributed by atoms with E-state index in [1.165, 1.54) is 0 Å². The van der Waals surface area contributed by atoms with Gasteiger partial charge in [-0.1, -0.05) is 3.89 Å². The summed E-state index contributed by atoms with van der Waals surface area (Å²) >= 11 is 0. The van der Waals surface area contributed by atoms with Crippen LogP contribution in [-0.4, -0.2) is 25.5 Å². The van der Waals surface area contributed by atoms with Crippen LogP contribution in [0.4, 0.5) is 21.4 Å². The molecule has 0 bridgehead atoms. The van der Waals surface area contributed by atoms with Crippen molar-refractivity contribution in [3.63, 3.8) is 0 Å². The number of rotatable bonds is 4. The van der Waals surface area contributed by atoms with Gasteiger partial charge in [0.15, 0.2) is 0 Å². The molecule has 0 saturated heterocycles. The number of hydrogen-bond acceptors (Lipinski definition) is 5. The smallest absolute Gasteiger partial charge is 0.259 e. The first kappa shape index (κ1) is 13.0. The molecule has 0 unspecified atom stereocenters. The van der Waals surface area contributed by atoms with Crippen LogP contribution in [-0.2, 0) is 14.7 Å². The van der Waals surface area contributed by atoms with Gasteiger partial charge in [0, 0.05) is 0 Å². The van der Waals surface area contributed by atoms with Gasteiger partial charge in [-0.15, -0.1) is 8.78 Å². The minimum atomic E-state index is -6.43. The first-order chi connectivity index (χ1) is 5.90. The maximum atomic E-state index is 11.9. The van der Waals surface area contributed by atoms with Gasteiger partial charge in [0.05, 0.1) is 0 Å². The molecular formula is C2F5NO5S. The highest BCUT2D eigenvalue weighted by Gasteiger charge is 2.72. The van der Waals surface area contributed by atoms with Crippen LogP contribution < -0.4 is 0 Å². The minimum absolute atomic E-state index is 1.93. The molecule has 0 saturated carbocycles. The Morgan fingerprint density at radius 3 is 1.79 bits per heavy atom. The fourth-order valence-corrected chi connectivity index (χ4v) is 0.632. The normalized spacial score (nSPS) is 14.1. The van der Waals surface area contributed by atoms with Crippen molar-refractivity contribution in [1.29, 1.82) is 0 Å². The minimum Gasteiger partial charge on any atom is -0.259 e. The van der Waals surface area contributed by atoms with Crippen molar-refractivity contribution in [3.05, 3.63) is 10.1 Å². The van der Waals surface area contributed by atoms with Gasteiger partial charge < -0.3 is 0 Å². The van der Waals surface area contributed by atoms with Crippen molar-refractivity contribution in [2.24, 2.45) is 0 Å². The molecule has 0 aromatic carbocycles. The van der Waals surface area contributed by atoms with Crippen LogP contribution in [0.3, 0.4) is 0 Å². The second kappa shape index (κ2) is 3.27. The van der Waals surface area contributed by atoms with Crippen molar-refractivity contribution < 1.29 is 39.0 Å². The Labute approximate surface area is 72.8 Å². The molecule has 0 amide bonds. The Bertz CT molecular complexity index is 336. The maximum Gasteiger partial charge on any atom is 0.606 e. The molecule has 6 nitrogen and oxygen atoms in total. The van der Waals surface area contributed by atoms with Gasteiger partial charge in [-0.2, -0.15) is 21.4 Å². The van der Waals surface area contributed by atoms with Crippen LogP contribution >= 0.6 is 0 Å². The van der Waals surface area contributed by atoms with Crippen LogP contribution in [0.5, 0.6) is 0 Å². The molecule has 14 heavy (non-hydrogen) atoms. The Kier molecular flexibility index (Phi) is 3.03. The number of nitro groups is 1. The van der Waals surface area contributed by atoms with Gasteiger partial charge in [0.25, 0.3) is 0 Å². The highest BCUT2D eigenvalue weighted by Crippen LogP contribution is 2.36. The molecule has 0 rings (SSSR count). The highest BCUT2D eigenvalue weighted by molar-refractivity contribution is 7.81. The van der Waals surface area contributed by atoms with E-state index in [0.29, 0.717) is 0 Å². The predicted octanol–water partition coefficient (Wildman–Crippen LogP) is 0.680. The van der Waals surface area contributed by atoms with Crippen LogP contribution in [0.1, 0.15) is 0 Å². The van der Waals surface area contributed by atoms with Crippen LogP contribution in [0.25, 0.3) is 0 Å². The average molecular weight is 245 g/mol. The zero-order valence-corrected chi connectivity index (χ0v) is 6.60. The standard InChI is InChI=1S/C2F5NO5S/c3-1(4,8(9)10)2(5,6)13-14(7,11)12. The lowest BCUT2D eigenvalue weighted by Gasteiger charge is -2.15. The van der Waals surface area contributed by atoms with Crippen molar-refractivity contribution >= 4 is 10.5 Å². The van der Waals surface area contributed by atoms with Gasteiger partial charge >= 0.3 is 22.7 Å². The Morgan fingerprint density at radius 1 is 1.21 bits per heavy atom. The molecule has 84 valence electrons. The topological polar surface area (TPSA) is 86.5 Å². The lowest BCUT2D eigenvalue weighted by atomic mass is 10.5. The summed E-state index contributed by atoms with van der Waals surface area (Å²) in [5.74, 6) is 0. The van der Waals surface area contributed by atoms with Crippen LogP contribution in [0, 0.1) is 10.1 Å². The summed E-state index contributed by atoms with van der Waals surface area (Å²) in [6, 6.07) is -6.05. The summed E-state index contributed by atoms with van der Waals surface area (Å²) in [6.45, 7) is 0. The van der Waals surface area contributed by atoms with Gasteiger partial charge in [0.1, 0.15) is 4.92 Å². The number of nitrogens with zero attached hydrogens (tertiary/aromatic N) is 1. The summed E-state index contributed by atoms with van der Waals surface area (Å²) in [4.78, 5) is 6.52. The largest absolute Gasteiger partial charge is 0.606 e. The fourth-order valence-electron chi connectivity index (χ4n) is 0.281. The van der Waals surface area contributed by atoms with Gasteiger partial charge in [-0.3, -0.25) is 10.1 Å². The molecule has 0 N–H and O–H groups in total. The van der Waals surface area contributed by atoms with E-state index >= 15 is 0 Å². The summed E-state index contributed by atoms with van der Waals surface area (Å²) in [5.41, 5.74) is 0. The second-order valence-corrected chi connectivity index (χ2v) is 2.74. The summed E-state index contributed by atoms with van der Waals surface area (Å²) < 4.78 is 79.6. The lowest BCUT2D eigenvalue weighted by molar-refractivity contribution is -0.690. The van der Waals surface area contributed by atoms with E-state index in [9.17, 15) is 40.0 Å². The zero-order chi connectivity index (χ0) is 11.8. The van der Waals surface area contributed by atoms with Gasteiger partial charge in [0.2, 0.25) is 0 Å². The second-order valence-electron chi connectivity index (χ2n) is 1.79. The Hall–Kier alpha value is -1.04. The molecule has 0 radical (unpaired) electrons. The van der Waals surface area contributed by atoms with Gasteiger partial charge in [-0.25, -0.2) is 0 Å². The van der Waals surface area contributed by atoms with Crippen molar-refractivity contribution in [2.45, 2.75) is 12.2 Å². The van der Waals surface area contributed by atoms with Crippen molar-refractivity contribution in [1.82, 2.24) is 0 Å². The number of halogens is 5. The Morgan fingerprint density at radius 2 is 1.57 bits per heavy atom. The van der Waals surface area contributed by atoms with Gasteiger partial charge in [-0.05, 0) is 0 Å². The van der Waals surface area contributed by atoms with Crippen LogP contribution in [0.15, 0.2) is 0 Å². The predicted molar refractivity (Wildman–Crippen MR) is 28.0 cm³/mol. The Balaban J connectivity index is 5.06. The first-order valence-electron chi connectivity index (χ1n) is 2.45. The SMILES string of the molecule is O=[N+]([O-])C(F)(F)C(F)(F)OS(=O)(=O)F. The summed E-state index contributed by atoms with van der Waals surface area (Å²) in [7, 11) is -6.43. The first-order valence-corrected chi connectivity index (χ1v) is 3.76. The van der Waals surface area contributed by atoms with E-state index in [2.05, 4.69) is 0 Å². The zero-order valence-electron chi connectivity index (χ0n) is 5.79.